The number of hydrogen-bond donors (Lipinski definition) is 2. The first-order chi connectivity index (χ1) is 8.67. The van der Waals surface area contributed by atoms with Crippen molar-refractivity contribution in [1.82, 2.24) is 5.32 Å². The van der Waals surface area contributed by atoms with Crippen LogP contribution in [0.3, 0.4) is 0 Å². The van der Waals surface area contributed by atoms with Gasteiger partial charge < -0.3 is 10.4 Å². The Morgan fingerprint density at radius 2 is 2.17 bits per heavy atom. The molecule has 0 spiro atoms. The molecule has 0 aliphatic carbocycles. The van der Waals surface area contributed by atoms with Crippen molar-refractivity contribution in [3.05, 3.63) is 34.9 Å². The van der Waals surface area contributed by atoms with E-state index >= 15 is 0 Å². The van der Waals surface area contributed by atoms with Crippen LogP contribution in [-0.4, -0.2) is 24.2 Å². The van der Waals surface area contributed by atoms with Crippen molar-refractivity contribution < 1.29 is 9.90 Å². The van der Waals surface area contributed by atoms with E-state index in [0.29, 0.717) is 12.1 Å². The van der Waals surface area contributed by atoms with Crippen LogP contribution < -0.4 is 5.32 Å². The lowest BCUT2D eigenvalue weighted by Gasteiger charge is -2.06. The highest BCUT2D eigenvalue weighted by atomic mass is 16.2. The third-order valence-electron chi connectivity index (χ3n) is 2.47. The first kappa shape index (κ1) is 14.3. The van der Waals surface area contributed by atoms with Crippen molar-refractivity contribution in [1.29, 1.82) is 0 Å². The van der Waals surface area contributed by atoms with Gasteiger partial charge in [0.2, 0.25) is 0 Å². The van der Waals surface area contributed by atoms with Crippen molar-refractivity contribution in [3.8, 4) is 11.8 Å². The minimum absolute atomic E-state index is 0.0702. The molecule has 96 valence electrons. The average Bonchev–Trinajstić information content (AvgIpc) is 2.36. The summed E-state index contributed by atoms with van der Waals surface area (Å²) in [6, 6.07) is 5.48. The van der Waals surface area contributed by atoms with Crippen molar-refractivity contribution in [2.45, 2.75) is 26.7 Å². The number of aliphatic hydroxyl groups excluding tert-OH is 1. The molecule has 0 fully saturated rings. The van der Waals surface area contributed by atoms with E-state index in [1.165, 1.54) is 0 Å². The molecule has 2 N–H and O–H groups in total. The summed E-state index contributed by atoms with van der Waals surface area (Å²) >= 11 is 0. The smallest absolute Gasteiger partial charge is 0.251 e. The van der Waals surface area contributed by atoms with E-state index in [-0.39, 0.29) is 12.5 Å². The summed E-state index contributed by atoms with van der Waals surface area (Å²) in [7, 11) is 0. The zero-order chi connectivity index (χ0) is 13.4. The minimum atomic E-state index is -0.175. The fraction of sp³-hybridized carbons (Fsp3) is 0.400. The molecule has 1 amide bonds. The Kier molecular flexibility index (Phi) is 5.96. The molecule has 0 heterocycles. The Bertz CT molecular complexity index is 469. The lowest BCUT2D eigenvalue weighted by Crippen LogP contribution is -2.24. The zero-order valence-corrected chi connectivity index (χ0v) is 10.9. The second kappa shape index (κ2) is 7.52. The largest absolute Gasteiger partial charge is 0.384 e. The van der Waals surface area contributed by atoms with Crippen LogP contribution in [0.4, 0.5) is 0 Å². The number of nitrogens with one attached hydrogen (secondary N) is 1. The standard InChI is InChI=1S/C15H19NO2/c1-3-4-7-16-15(18)14-10-12(2)9-13(11-14)6-5-8-17/h9-11,17H,3-4,7-8H2,1-2H3,(H,16,18). The number of aryl methyl sites for hydroxylation is 1. The van der Waals surface area contributed by atoms with E-state index in [2.05, 4.69) is 24.1 Å². The number of rotatable bonds is 4. The van der Waals surface area contributed by atoms with Crippen LogP contribution in [0.5, 0.6) is 0 Å². The first-order valence-corrected chi connectivity index (χ1v) is 6.17. The summed E-state index contributed by atoms with van der Waals surface area (Å²) in [6.07, 6.45) is 2.04. The van der Waals surface area contributed by atoms with Crippen molar-refractivity contribution in [2.24, 2.45) is 0 Å². The molecule has 3 heteroatoms. The number of benzene rings is 1. The van der Waals surface area contributed by atoms with Crippen LogP contribution >= 0.6 is 0 Å². The normalized spacial score (nSPS) is 9.50. The molecule has 0 saturated heterocycles. The summed E-state index contributed by atoms with van der Waals surface area (Å²) < 4.78 is 0. The Morgan fingerprint density at radius 3 is 2.83 bits per heavy atom. The van der Waals surface area contributed by atoms with Gasteiger partial charge in [0.15, 0.2) is 0 Å². The third kappa shape index (κ3) is 4.60. The highest BCUT2D eigenvalue weighted by Crippen LogP contribution is 2.09. The van der Waals surface area contributed by atoms with E-state index in [9.17, 15) is 4.79 Å². The van der Waals surface area contributed by atoms with Gasteiger partial charge in [-0.05, 0) is 37.1 Å². The molecule has 1 aromatic rings. The molecule has 1 aromatic carbocycles. The SMILES string of the molecule is CCCCNC(=O)c1cc(C)cc(C#CCO)c1. The Labute approximate surface area is 108 Å². The van der Waals surface area contributed by atoms with Gasteiger partial charge in [-0.25, -0.2) is 0 Å². The van der Waals surface area contributed by atoms with Gasteiger partial charge in [-0.15, -0.1) is 0 Å². The molecule has 0 aliphatic heterocycles. The first-order valence-electron chi connectivity index (χ1n) is 6.17. The van der Waals surface area contributed by atoms with Crippen LogP contribution in [0, 0.1) is 18.8 Å². The topological polar surface area (TPSA) is 49.3 Å². The fourth-order valence-corrected chi connectivity index (χ4v) is 1.61. The van der Waals surface area contributed by atoms with Gasteiger partial charge in [0.05, 0.1) is 0 Å². The maximum absolute atomic E-state index is 11.9. The van der Waals surface area contributed by atoms with Gasteiger partial charge in [-0.1, -0.05) is 25.2 Å². The Morgan fingerprint density at radius 1 is 1.39 bits per heavy atom. The molecule has 0 radical (unpaired) electrons. The lowest BCUT2D eigenvalue weighted by molar-refractivity contribution is 0.0953. The molecular weight excluding hydrogens is 226 g/mol. The Balaban J connectivity index is 2.81. The van der Waals surface area contributed by atoms with Crippen LogP contribution in [0.2, 0.25) is 0 Å². The fourth-order valence-electron chi connectivity index (χ4n) is 1.61. The van der Waals surface area contributed by atoms with Gasteiger partial charge in [-0.2, -0.15) is 0 Å². The van der Waals surface area contributed by atoms with Crippen molar-refractivity contribution in [2.75, 3.05) is 13.2 Å². The molecule has 0 atom stereocenters. The molecule has 1 rings (SSSR count). The molecule has 3 nitrogen and oxygen atoms in total. The van der Waals surface area contributed by atoms with Crippen LogP contribution in [0.15, 0.2) is 18.2 Å². The number of carbonyl (C=O) groups is 1. The second-order valence-electron chi connectivity index (χ2n) is 4.16. The van der Waals surface area contributed by atoms with Crippen LogP contribution in [-0.2, 0) is 0 Å². The summed E-state index contributed by atoms with van der Waals surface area (Å²) in [5.41, 5.74) is 2.36. The second-order valence-corrected chi connectivity index (χ2v) is 4.16. The molecular formula is C15H19NO2. The van der Waals surface area contributed by atoms with E-state index in [0.717, 1.165) is 24.0 Å². The maximum atomic E-state index is 11.9. The highest BCUT2D eigenvalue weighted by Gasteiger charge is 2.06. The van der Waals surface area contributed by atoms with Crippen LogP contribution in [0.1, 0.15) is 41.3 Å². The summed E-state index contributed by atoms with van der Waals surface area (Å²) in [6.45, 7) is 4.53. The summed E-state index contributed by atoms with van der Waals surface area (Å²) in [4.78, 5) is 11.9. The summed E-state index contributed by atoms with van der Waals surface area (Å²) in [5, 5.41) is 11.5. The highest BCUT2D eigenvalue weighted by molar-refractivity contribution is 5.94. The number of aliphatic hydroxyl groups is 1. The average molecular weight is 245 g/mol. The maximum Gasteiger partial charge on any atom is 0.251 e. The molecule has 0 unspecified atom stereocenters. The van der Waals surface area contributed by atoms with Gasteiger partial charge in [0, 0.05) is 17.7 Å². The van der Waals surface area contributed by atoms with E-state index in [1.54, 1.807) is 6.07 Å². The van der Waals surface area contributed by atoms with Gasteiger partial charge in [-0.3, -0.25) is 4.79 Å². The van der Waals surface area contributed by atoms with Gasteiger partial charge in [0.25, 0.3) is 5.91 Å². The number of amides is 1. The predicted octanol–water partition coefficient (Wildman–Crippen LogP) is 1.87. The number of hydrogen-bond acceptors (Lipinski definition) is 2. The Hall–Kier alpha value is -1.79. The monoisotopic (exact) mass is 245 g/mol. The summed E-state index contributed by atoms with van der Waals surface area (Å²) in [5.74, 6) is 5.33. The minimum Gasteiger partial charge on any atom is -0.384 e. The van der Waals surface area contributed by atoms with Gasteiger partial charge >= 0.3 is 0 Å². The number of unbranched alkanes of at least 4 members (excludes halogenated alkanes) is 1. The zero-order valence-electron chi connectivity index (χ0n) is 10.9. The molecule has 18 heavy (non-hydrogen) atoms. The van der Waals surface area contributed by atoms with Crippen LogP contribution in [0.25, 0.3) is 0 Å². The molecule has 0 bridgehead atoms. The lowest BCUT2D eigenvalue weighted by atomic mass is 10.1. The van der Waals surface area contributed by atoms with E-state index in [1.807, 2.05) is 19.1 Å². The molecule has 0 aromatic heterocycles. The molecule has 0 saturated carbocycles. The predicted molar refractivity (Wildman–Crippen MR) is 72.4 cm³/mol. The van der Waals surface area contributed by atoms with Gasteiger partial charge in [0.1, 0.15) is 6.61 Å². The van der Waals surface area contributed by atoms with Crippen molar-refractivity contribution in [3.63, 3.8) is 0 Å². The molecule has 0 aliphatic rings. The van der Waals surface area contributed by atoms with E-state index < -0.39 is 0 Å². The number of carbonyl (C=O) groups excluding carboxylic acids is 1. The van der Waals surface area contributed by atoms with E-state index in [4.69, 9.17) is 5.11 Å². The third-order valence-corrected chi connectivity index (χ3v) is 2.47. The quantitative estimate of drug-likeness (QED) is 0.628. The van der Waals surface area contributed by atoms with Crippen molar-refractivity contribution >= 4 is 5.91 Å².